The van der Waals surface area contributed by atoms with Crippen LogP contribution in [0.4, 0.5) is 16.0 Å². The first-order chi connectivity index (χ1) is 16.1. The van der Waals surface area contributed by atoms with E-state index in [-0.39, 0.29) is 22.3 Å². The van der Waals surface area contributed by atoms with Gasteiger partial charge in [-0.05, 0) is 36.5 Å². The molecule has 5 rings (SSSR count). The SMILES string of the molecule is C[C@@H]1[C@@H](n2ccc3c(N)ncnc32)[C@H](O)[C@H](O)[C@@]1(C)CCc1ccc2cc(Cl)c(N)nc2c1F. The number of nitrogens with zero attached hydrogens (tertiary/aromatic N) is 4. The molecule has 34 heavy (non-hydrogen) atoms. The van der Waals surface area contributed by atoms with Gasteiger partial charge in [-0.15, -0.1) is 0 Å². The number of benzene rings is 1. The van der Waals surface area contributed by atoms with Gasteiger partial charge in [-0.2, -0.15) is 0 Å². The molecule has 0 amide bonds. The van der Waals surface area contributed by atoms with Crippen LogP contribution in [0.2, 0.25) is 5.02 Å². The zero-order chi connectivity index (χ0) is 24.4. The molecule has 3 heterocycles. The van der Waals surface area contributed by atoms with Gasteiger partial charge in [0.1, 0.15) is 35.2 Å². The van der Waals surface area contributed by atoms with Crippen molar-refractivity contribution >= 4 is 45.2 Å². The maximum Gasteiger partial charge on any atom is 0.152 e. The summed E-state index contributed by atoms with van der Waals surface area (Å²) in [7, 11) is 0. The molecule has 1 aromatic carbocycles. The van der Waals surface area contributed by atoms with Gasteiger partial charge in [0.15, 0.2) is 5.82 Å². The van der Waals surface area contributed by atoms with Gasteiger partial charge < -0.3 is 26.2 Å². The van der Waals surface area contributed by atoms with Gasteiger partial charge in [-0.1, -0.05) is 37.6 Å². The topological polar surface area (TPSA) is 136 Å². The van der Waals surface area contributed by atoms with Crippen LogP contribution in [0.3, 0.4) is 0 Å². The van der Waals surface area contributed by atoms with Gasteiger partial charge in [-0.3, -0.25) is 0 Å². The highest BCUT2D eigenvalue weighted by Gasteiger charge is 2.55. The van der Waals surface area contributed by atoms with Crippen molar-refractivity contribution in [3.05, 3.63) is 53.2 Å². The largest absolute Gasteiger partial charge is 0.390 e. The molecule has 1 fully saturated rings. The number of aryl methyl sites for hydroxylation is 1. The van der Waals surface area contributed by atoms with Crippen LogP contribution >= 0.6 is 11.6 Å². The number of aromatic nitrogens is 4. The van der Waals surface area contributed by atoms with Crippen LogP contribution in [0.15, 0.2) is 36.8 Å². The molecule has 0 radical (unpaired) electrons. The van der Waals surface area contributed by atoms with Crippen molar-refractivity contribution in [1.29, 1.82) is 0 Å². The molecule has 0 unspecified atom stereocenters. The van der Waals surface area contributed by atoms with Crippen LogP contribution in [0.1, 0.15) is 31.9 Å². The number of rotatable bonds is 4. The number of aliphatic hydroxyl groups excluding tert-OH is 2. The van der Waals surface area contributed by atoms with Crippen LogP contribution in [-0.4, -0.2) is 41.9 Å². The molecule has 1 aliphatic rings. The molecule has 0 spiro atoms. The maximum atomic E-state index is 15.3. The van der Waals surface area contributed by atoms with Crippen molar-refractivity contribution in [2.75, 3.05) is 11.5 Å². The molecule has 0 saturated heterocycles. The fraction of sp³-hybridized carbons (Fsp3) is 0.375. The van der Waals surface area contributed by atoms with E-state index in [1.165, 1.54) is 6.33 Å². The molecule has 4 aromatic rings. The number of nitrogen functional groups attached to an aromatic ring is 2. The van der Waals surface area contributed by atoms with Crippen molar-refractivity contribution in [2.45, 2.75) is 44.9 Å². The quantitative estimate of drug-likeness (QED) is 0.348. The molecule has 1 saturated carbocycles. The lowest BCUT2D eigenvalue weighted by molar-refractivity contribution is -0.0280. The lowest BCUT2D eigenvalue weighted by Gasteiger charge is -2.34. The molecule has 3 aromatic heterocycles. The van der Waals surface area contributed by atoms with Crippen molar-refractivity contribution in [3.63, 3.8) is 0 Å². The summed E-state index contributed by atoms with van der Waals surface area (Å²) in [6.45, 7) is 3.91. The third-order valence-electron chi connectivity index (χ3n) is 7.68. The molecule has 178 valence electrons. The zero-order valence-electron chi connectivity index (χ0n) is 18.8. The molecule has 0 aliphatic heterocycles. The molecule has 1 aliphatic carbocycles. The van der Waals surface area contributed by atoms with Crippen molar-refractivity contribution in [1.82, 2.24) is 19.5 Å². The van der Waals surface area contributed by atoms with E-state index in [0.717, 1.165) is 0 Å². The predicted molar refractivity (Wildman–Crippen MR) is 130 cm³/mol. The normalized spacial score (nSPS) is 27.1. The van der Waals surface area contributed by atoms with E-state index in [4.69, 9.17) is 23.1 Å². The number of nitrogens with two attached hydrogens (primary N) is 2. The second-order valence-electron chi connectivity index (χ2n) is 9.41. The van der Waals surface area contributed by atoms with Crippen LogP contribution in [0.5, 0.6) is 0 Å². The molecule has 6 N–H and O–H groups in total. The third-order valence-corrected chi connectivity index (χ3v) is 7.99. The van der Waals surface area contributed by atoms with E-state index in [1.807, 2.05) is 30.7 Å². The Hall–Kier alpha value is -3.01. The Balaban J connectivity index is 1.45. The highest BCUT2D eigenvalue weighted by Crippen LogP contribution is 2.52. The number of anilines is 2. The first-order valence-electron chi connectivity index (χ1n) is 11.1. The number of fused-ring (bicyclic) bond motifs is 2. The number of aliphatic hydroxyl groups is 2. The van der Waals surface area contributed by atoms with Crippen LogP contribution in [0, 0.1) is 17.2 Å². The van der Waals surface area contributed by atoms with E-state index >= 15 is 4.39 Å². The van der Waals surface area contributed by atoms with E-state index in [2.05, 4.69) is 15.0 Å². The Morgan fingerprint density at radius 3 is 2.71 bits per heavy atom. The van der Waals surface area contributed by atoms with Gasteiger partial charge in [0.05, 0.1) is 22.6 Å². The van der Waals surface area contributed by atoms with Gasteiger partial charge in [-0.25, -0.2) is 19.3 Å². The monoisotopic (exact) mass is 484 g/mol. The highest BCUT2D eigenvalue weighted by molar-refractivity contribution is 6.33. The fourth-order valence-electron chi connectivity index (χ4n) is 5.38. The van der Waals surface area contributed by atoms with Crippen LogP contribution in [-0.2, 0) is 6.42 Å². The predicted octanol–water partition coefficient (Wildman–Crippen LogP) is 3.49. The summed E-state index contributed by atoms with van der Waals surface area (Å²) in [4.78, 5) is 12.5. The minimum atomic E-state index is -1.03. The van der Waals surface area contributed by atoms with Gasteiger partial charge in [0, 0.05) is 17.0 Å². The van der Waals surface area contributed by atoms with Crippen molar-refractivity contribution in [3.8, 4) is 0 Å². The number of hydrogen-bond acceptors (Lipinski definition) is 7. The summed E-state index contributed by atoms with van der Waals surface area (Å²) in [5.41, 5.74) is 12.3. The first kappa shape index (κ1) is 22.8. The minimum Gasteiger partial charge on any atom is -0.390 e. The van der Waals surface area contributed by atoms with E-state index in [0.29, 0.717) is 40.6 Å². The standard InChI is InChI=1S/C24H26ClFN6O2/c1-11-18(32-8-6-14-21(27)29-10-30-23(14)32)19(33)20(34)24(11,2)7-5-12-3-4-13-9-15(25)22(28)31-17(13)16(12)26/h3-4,6,8-11,18-20,33-34H,5,7H2,1-2H3,(H2,28,31)(H2,27,29,30)/t11-,18-,19+,20+,24+/m1/s1. The summed E-state index contributed by atoms with van der Waals surface area (Å²) in [5.74, 6) is -0.174. The lowest BCUT2D eigenvalue weighted by atomic mass is 9.74. The Morgan fingerprint density at radius 2 is 1.94 bits per heavy atom. The third kappa shape index (κ3) is 3.30. The number of hydrogen-bond donors (Lipinski definition) is 4. The van der Waals surface area contributed by atoms with Crippen molar-refractivity contribution in [2.24, 2.45) is 11.3 Å². The summed E-state index contributed by atoms with van der Waals surface area (Å²) in [6, 6.07) is 6.43. The number of halogens is 2. The Morgan fingerprint density at radius 1 is 1.18 bits per heavy atom. The summed E-state index contributed by atoms with van der Waals surface area (Å²) in [6.07, 6.45) is 1.95. The average molecular weight is 485 g/mol. The van der Waals surface area contributed by atoms with E-state index in [1.54, 1.807) is 18.2 Å². The van der Waals surface area contributed by atoms with E-state index in [9.17, 15) is 10.2 Å². The smallest absolute Gasteiger partial charge is 0.152 e. The fourth-order valence-corrected chi connectivity index (χ4v) is 5.54. The molecular formula is C24H26ClFN6O2. The molecule has 5 atom stereocenters. The molecule has 10 heteroatoms. The second-order valence-corrected chi connectivity index (χ2v) is 9.81. The Kier molecular flexibility index (Phi) is 5.38. The molecular weight excluding hydrogens is 459 g/mol. The second kappa shape index (κ2) is 8.04. The zero-order valence-corrected chi connectivity index (χ0v) is 19.5. The number of pyridine rings is 1. The van der Waals surface area contributed by atoms with Crippen LogP contribution < -0.4 is 11.5 Å². The van der Waals surface area contributed by atoms with E-state index < -0.39 is 29.5 Å². The maximum absolute atomic E-state index is 15.3. The van der Waals surface area contributed by atoms with Gasteiger partial charge in [0.25, 0.3) is 0 Å². The lowest BCUT2D eigenvalue weighted by Crippen LogP contribution is -2.36. The summed E-state index contributed by atoms with van der Waals surface area (Å²) < 4.78 is 17.1. The Labute approximate surface area is 200 Å². The highest BCUT2D eigenvalue weighted by atomic mass is 35.5. The summed E-state index contributed by atoms with van der Waals surface area (Å²) in [5, 5.41) is 23.7. The van der Waals surface area contributed by atoms with Crippen LogP contribution in [0.25, 0.3) is 21.9 Å². The van der Waals surface area contributed by atoms with Gasteiger partial charge in [0.2, 0.25) is 0 Å². The first-order valence-corrected chi connectivity index (χ1v) is 11.5. The molecule has 0 bridgehead atoms. The van der Waals surface area contributed by atoms with Gasteiger partial charge >= 0.3 is 0 Å². The summed E-state index contributed by atoms with van der Waals surface area (Å²) >= 11 is 6.01. The average Bonchev–Trinajstić information content (AvgIpc) is 3.30. The minimum absolute atomic E-state index is 0.0753. The Bertz CT molecular complexity index is 1410. The molecule has 8 nitrogen and oxygen atoms in total. The van der Waals surface area contributed by atoms with Crippen molar-refractivity contribution < 1.29 is 14.6 Å².